The van der Waals surface area contributed by atoms with Crippen LogP contribution in [0.5, 0.6) is 0 Å². The van der Waals surface area contributed by atoms with Gasteiger partial charge in [-0.15, -0.1) is 10.2 Å². The lowest BCUT2D eigenvalue weighted by atomic mass is 10.2. The third-order valence-electron chi connectivity index (χ3n) is 6.42. The normalized spacial score (nSPS) is 17.0. The van der Waals surface area contributed by atoms with Gasteiger partial charge in [0.1, 0.15) is 6.54 Å². The maximum absolute atomic E-state index is 13.3. The Hall–Kier alpha value is -3.08. The molecular weight excluding hydrogens is 610 g/mol. The lowest BCUT2D eigenvalue weighted by molar-refractivity contribution is -0.207. The smallest absolute Gasteiger partial charge is 0.382 e. The van der Waals surface area contributed by atoms with Crippen molar-refractivity contribution in [1.82, 2.24) is 29.1 Å². The fourth-order valence-electron chi connectivity index (χ4n) is 4.26. The third kappa shape index (κ3) is 6.39. The molecule has 0 bridgehead atoms. The Balaban J connectivity index is 1.55. The monoisotopic (exact) mass is 633 g/mol. The number of benzene rings is 2. The molecular formula is C24H24Cl2F3N7O4S. The average molecular weight is 634 g/mol. The summed E-state index contributed by atoms with van der Waals surface area (Å²) < 4.78 is 62.8. The molecule has 1 aliphatic rings. The van der Waals surface area contributed by atoms with Crippen LogP contribution in [0, 0.1) is 0 Å². The predicted molar refractivity (Wildman–Crippen MR) is 149 cm³/mol. The SMILES string of the molecule is O=c1n(Cc2nc(N3CCS(O)(O)CC3)n(-c3ccccc3Cl)n2)nc(-c2ccc(Cl)cc2)n1C[C@H](O)C(F)(F)F. The molecule has 0 saturated carbocycles. The first-order valence-corrected chi connectivity index (χ1v) is 14.8. The molecule has 0 unspecified atom stereocenters. The van der Waals surface area contributed by atoms with Gasteiger partial charge in [-0.25, -0.2) is 9.48 Å². The van der Waals surface area contributed by atoms with E-state index in [9.17, 15) is 32.2 Å². The zero-order valence-electron chi connectivity index (χ0n) is 21.1. The van der Waals surface area contributed by atoms with Crippen molar-refractivity contribution in [2.45, 2.75) is 25.4 Å². The Labute approximate surface area is 242 Å². The quantitative estimate of drug-likeness (QED) is 0.276. The molecule has 1 aliphatic heterocycles. The Morgan fingerprint density at radius 2 is 1.66 bits per heavy atom. The van der Waals surface area contributed by atoms with E-state index < -0.39 is 35.1 Å². The number of aliphatic hydroxyl groups excluding tert-OH is 1. The summed E-state index contributed by atoms with van der Waals surface area (Å²) in [5, 5.41) is 19.2. The Kier molecular flexibility index (Phi) is 8.11. The Morgan fingerprint density at radius 3 is 2.29 bits per heavy atom. The minimum Gasteiger partial charge on any atom is -0.382 e. The Bertz CT molecular complexity index is 1600. The number of rotatable bonds is 7. The maximum atomic E-state index is 13.3. The highest BCUT2D eigenvalue weighted by Crippen LogP contribution is 2.41. The lowest BCUT2D eigenvalue weighted by Crippen LogP contribution is -2.39. The van der Waals surface area contributed by atoms with Crippen LogP contribution in [0.2, 0.25) is 10.0 Å². The number of aromatic nitrogens is 6. The highest BCUT2D eigenvalue weighted by atomic mass is 35.5. The van der Waals surface area contributed by atoms with Gasteiger partial charge in [0, 0.05) is 23.7 Å². The molecule has 41 heavy (non-hydrogen) atoms. The largest absolute Gasteiger partial charge is 0.416 e. The standard InChI is InChI=1S/C24H24Cl2F3N7O4S/c25-16-7-5-15(6-8-16)21-32-35(23(38)34(21)13-19(37)24(27,28)29)14-20-30-22(33-9-11-41(39,40)12-10-33)36(31-20)18-4-2-1-3-17(18)26/h1-8,19,37,39-40H,9-14H2/t19-/m0/s1. The first-order valence-electron chi connectivity index (χ1n) is 12.2. The van der Waals surface area contributed by atoms with Crippen LogP contribution >= 0.6 is 33.8 Å². The van der Waals surface area contributed by atoms with Crippen LogP contribution in [0.4, 0.5) is 19.1 Å². The van der Waals surface area contributed by atoms with Crippen molar-refractivity contribution in [1.29, 1.82) is 0 Å². The molecule has 0 radical (unpaired) electrons. The molecule has 5 rings (SSSR count). The summed E-state index contributed by atoms with van der Waals surface area (Å²) in [6, 6.07) is 12.8. The van der Waals surface area contributed by atoms with E-state index in [1.165, 1.54) is 28.9 Å². The molecule has 1 atom stereocenters. The average Bonchev–Trinajstić information content (AvgIpc) is 3.46. The fraction of sp³-hybridized carbons (Fsp3) is 0.333. The molecule has 0 amide bonds. The Morgan fingerprint density at radius 1 is 1.00 bits per heavy atom. The molecule has 17 heteroatoms. The van der Waals surface area contributed by atoms with Gasteiger partial charge >= 0.3 is 11.9 Å². The highest BCUT2D eigenvalue weighted by Gasteiger charge is 2.39. The van der Waals surface area contributed by atoms with E-state index in [0.29, 0.717) is 27.2 Å². The van der Waals surface area contributed by atoms with E-state index >= 15 is 0 Å². The van der Waals surface area contributed by atoms with Crippen molar-refractivity contribution in [2.24, 2.45) is 0 Å². The van der Waals surface area contributed by atoms with Crippen LogP contribution < -0.4 is 10.6 Å². The van der Waals surface area contributed by atoms with E-state index in [4.69, 9.17) is 23.2 Å². The molecule has 4 aromatic rings. The topological polar surface area (TPSA) is 134 Å². The van der Waals surface area contributed by atoms with E-state index in [1.807, 2.05) is 0 Å². The first kappa shape index (κ1) is 29.4. The van der Waals surface area contributed by atoms with Crippen LogP contribution in [0.15, 0.2) is 53.3 Å². The van der Waals surface area contributed by atoms with Crippen LogP contribution in [-0.2, 0) is 13.1 Å². The number of alkyl halides is 3. The summed E-state index contributed by atoms with van der Waals surface area (Å²) in [6.45, 7) is -0.847. The molecule has 3 heterocycles. The summed E-state index contributed by atoms with van der Waals surface area (Å²) in [6.07, 6.45) is -7.76. The van der Waals surface area contributed by atoms with Gasteiger partial charge in [-0.2, -0.15) is 33.4 Å². The summed E-state index contributed by atoms with van der Waals surface area (Å²) in [7, 11) is -2.70. The number of anilines is 1. The van der Waals surface area contributed by atoms with Gasteiger partial charge in [0.25, 0.3) is 0 Å². The van der Waals surface area contributed by atoms with Crippen LogP contribution in [0.3, 0.4) is 0 Å². The lowest BCUT2D eigenvalue weighted by Gasteiger charge is -2.41. The second kappa shape index (κ2) is 11.3. The van der Waals surface area contributed by atoms with Crippen molar-refractivity contribution < 1.29 is 27.4 Å². The number of nitrogens with zero attached hydrogens (tertiary/aromatic N) is 7. The second-order valence-electron chi connectivity index (χ2n) is 9.33. The minimum atomic E-state index is -4.96. The van der Waals surface area contributed by atoms with Gasteiger partial charge in [0.2, 0.25) is 5.95 Å². The van der Waals surface area contributed by atoms with Gasteiger partial charge in [0.15, 0.2) is 17.8 Å². The van der Waals surface area contributed by atoms with Crippen molar-refractivity contribution in [3.05, 3.63) is 74.9 Å². The highest BCUT2D eigenvalue weighted by molar-refractivity contribution is 8.24. The van der Waals surface area contributed by atoms with E-state index in [1.54, 1.807) is 29.2 Å². The van der Waals surface area contributed by atoms with Gasteiger partial charge in [-0.3, -0.25) is 13.7 Å². The molecule has 220 valence electrons. The molecule has 0 spiro atoms. The number of aliphatic hydroxyl groups is 1. The van der Waals surface area contributed by atoms with Gasteiger partial charge in [0.05, 0.1) is 28.8 Å². The molecule has 11 nitrogen and oxygen atoms in total. The zero-order valence-corrected chi connectivity index (χ0v) is 23.4. The molecule has 3 N–H and O–H groups in total. The van der Waals surface area contributed by atoms with Crippen molar-refractivity contribution >= 4 is 39.7 Å². The number of para-hydroxylation sites is 1. The molecule has 0 aliphatic carbocycles. The van der Waals surface area contributed by atoms with Crippen LogP contribution in [0.1, 0.15) is 5.82 Å². The summed E-state index contributed by atoms with van der Waals surface area (Å²) in [5.74, 6) is 0.590. The summed E-state index contributed by atoms with van der Waals surface area (Å²) >= 11 is 12.4. The third-order valence-corrected chi connectivity index (χ3v) is 8.67. The number of hydrogen-bond acceptors (Lipinski definition) is 8. The molecule has 2 aromatic heterocycles. The molecule has 2 aromatic carbocycles. The predicted octanol–water partition coefficient (Wildman–Crippen LogP) is 4.14. The van der Waals surface area contributed by atoms with Crippen LogP contribution in [-0.4, -0.2) is 80.2 Å². The summed E-state index contributed by atoms with van der Waals surface area (Å²) in [5.41, 5.74) is -0.129. The molecule has 1 fully saturated rings. The first-order chi connectivity index (χ1) is 19.3. The van der Waals surface area contributed by atoms with Gasteiger partial charge in [-0.1, -0.05) is 35.3 Å². The minimum absolute atomic E-state index is 0.0999. The molecule has 1 saturated heterocycles. The fourth-order valence-corrected chi connectivity index (χ4v) is 5.83. The summed E-state index contributed by atoms with van der Waals surface area (Å²) in [4.78, 5) is 19.7. The van der Waals surface area contributed by atoms with Crippen LogP contribution in [0.25, 0.3) is 17.1 Å². The number of hydrogen-bond donors (Lipinski definition) is 3. The van der Waals surface area contributed by atoms with Crippen molar-refractivity contribution in [3.63, 3.8) is 0 Å². The van der Waals surface area contributed by atoms with Crippen molar-refractivity contribution in [2.75, 3.05) is 29.5 Å². The van der Waals surface area contributed by atoms with E-state index in [2.05, 4.69) is 15.2 Å². The number of halogens is 5. The second-order valence-corrected chi connectivity index (χ2v) is 12.6. The zero-order chi connectivity index (χ0) is 29.5. The van der Waals surface area contributed by atoms with Crippen molar-refractivity contribution in [3.8, 4) is 17.1 Å². The van der Waals surface area contributed by atoms with Gasteiger partial charge < -0.3 is 10.0 Å². The maximum Gasteiger partial charge on any atom is 0.416 e. The van der Waals surface area contributed by atoms with E-state index in [-0.39, 0.29) is 42.8 Å². The van der Waals surface area contributed by atoms with Gasteiger partial charge in [-0.05, 0) is 36.4 Å². The van der Waals surface area contributed by atoms with E-state index in [0.717, 1.165) is 9.25 Å².